The highest BCUT2D eigenvalue weighted by molar-refractivity contribution is 6.14. The first-order valence-corrected chi connectivity index (χ1v) is 37.6. The number of hydrogen-bond donors (Lipinski definition) is 0. The van der Waals surface area contributed by atoms with Crippen LogP contribution in [-0.2, 0) is 0 Å². The van der Waals surface area contributed by atoms with E-state index in [4.69, 9.17) is 26.5 Å². The Kier molecular flexibility index (Phi) is 16.5. The number of rotatable bonds is 10. The number of hydrogen-bond acceptors (Lipinski definition) is 7. The fraction of sp³-hybridized carbons (Fsp3) is 0.0800. The lowest BCUT2D eigenvalue weighted by atomic mass is 9.95. The average Bonchev–Trinajstić information content (AvgIpc) is 1.57. The average molecular weight is 1440 g/mol. The van der Waals surface area contributed by atoms with Gasteiger partial charge in [-0.05, 0) is 222 Å². The van der Waals surface area contributed by atoms with Gasteiger partial charge in [0.2, 0.25) is 0 Å². The fourth-order valence-electron chi connectivity index (χ4n) is 16.8. The van der Waals surface area contributed by atoms with Crippen molar-refractivity contribution in [1.29, 1.82) is 5.26 Å². The van der Waals surface area contributed by atoms with Gasteiger partial charge in [-0.2, -0.15) is 5.26 Å². The summed E-state index contributed by atoms with van der Waals surface area (Å²) in [6.45, 7) is 24.0. The molecule has 0 amide bonds. The van der Waals surface area contributed by atoms with Gasteiger partial charge in [0.15, 0.2) is 17.3 Å². The van der Waals surface area contributed by atoms with Crippen LogP contribution in [0.15, 0.2) is 291 Å². The molecule has 0 bridgehead atoms. The molecule has 0 radical (unpaired) electrons. The van der Waals surface area contributed by atoms with Crippen LogP contribution < -0.4 is 0 Å². The van der Waals surface area contributed by atoms with E-state index in [1.54, 1.807) is 0 Å². The van der Waals surface area contributed by atoms with E-state index in [1.165, 1.54) is 65.3 Å². The van der Waals surface area contributed by atoms with E-state index in [1.807, 2.05) is 64.1 Å². The Bertz CT molecular complexity index is 7370. The normalized spacial score (nSPS) is 11.6. The number of nitriles is 1. The van der Waals surface area contributed by atoms with Crippen molar-refractivity contribution in [1.82, 2.24) is 48.2 Å². The van der Waals surface area contributed by atoms with Crippen LogP contribution in [0.2, 0.25) is 0 Å². The van der Waals surface area contributed by atoms with Crippen LogP contribution in [0.25, 0.3) is 182 Å². The molecule has 532 valence electrons. The van der Waals surface area contributed by atoms with Crippen molar-refractivity contribution in [2.45, 2.75) is 55.4 Å². The number of fused-ring (bicyclic) bond motifs is 12. The molecule has 0 N–H and O–H groups in total. The van der Waals surface area contributed by atoms with Gasteiger partial charge in [0.1, 0.15) is 23.3 Å². The Morgan fingerprint density at radius 3 is 1.01 bits per heavy atom. The molecular formula is C100H72N12. The molecule has 20 rings (SSSR count). The lowest BCUT2D eigenvalue weighted by molar-refractivity contribution is 0.926. The number of aromatic nitrogens is 10. The molecule has 112 heavy (non-hydrogen) atoms. The second-order valence-corrected chi connectivity index (χ2v) is 29.3. The highest BCUT2D eigenvalue weighted by Crippen LogP contribution is 2.46. The van der Waals surface area contributed by atoms with Crippen molar-refractivity contribution in [2.75, 3.05) is 0 Å². The topological polar surface area (TPSA) is 125 Å². The van der Waals surface area contributed by atoms with Gasteiger partial charge < -0.3 is 18.3 Å². The largest absolute Gasteiger partial charge is 0.309 e. The molecule has 0 unspecified atom stereocenters. The summed E-state index contributed by atoms with van der Waals surface area (Å²) in [4.78, 5) is 32.7. The van der Waals surface area contributed by atoms with Gasteiger partial charge in [-0.15, -0.1) is 0 Å². The van der Waals surface area contributed by atoms with Crippen LogP contribution in [0.3, 0.4) is 0 Å². The Morgan fingerprint density at radius 2 is 0.589 bits per heavy atom. The molecule has 6 aromatic heterocycles. The van der Waals surface area contributed by atoms with Crippen molar-refractivity contribution in [3.63, 3.8) is 0 Å². The molecule has 20 aromatic rings. The maximum atomic E-state index is 9.77. The first kappa shape index (κ1) is 67.9. The van der Waals surface area contributed by atoms with Crippen molar-refractivity contribution >= 4 is 92.9 Å². The summed E-state index contributed by atoms with van der Waals surface area (Å²) in [5.41, 5.74) is 29.2. The monoisotopic (exact) mass is 1440 g/mol. The lowest BCUT2D eigenvalue weighted by Crippen LogP contribution is -2.04. The van der Waals surface area contributed by atoms with Crippen molar-refractivity contribution in [2.24, 2.45) is 0 Å². The lowest BCUT2D eigenvalue weighted by Gasteiger charge is -2.19. The number of para-hydroxylation sites is 4. The van der Waals surface area contributed by atoms with Crippen LogP contribution >= 0.6 is 0 Å². The zero-order valence-electron chi connectivity index (χ0n) is 63.1. The first-order chi connectivity index (χ1) is 54.7. The highest BCUT2D eigenvalue weighted by Gasteiger charge is 2.26. The SMILES string of the molecule is Cc1ccc2c(c1)c1ccccc1n2-c1cc(-c2cccc(C#N)c2)ccc1-c1ccc(-n2c3ccccc3c3cc(C)ccc32)c(-c2nc(C)nc(C)n2)c1.[C-]#[N+]c1cccc(-c2ccc(-n3c4ccccc4c4cc(C)ccc43)c(-c3ccc(-n4c5ccccc5c5cc(C)ccc54)c(-c4nc(C)nc(C)n4)c3)c2)c1. The maximum absolute atomic E-state index is 9.77. The fourth-order valence-corrected chi connectivity index (χ4v) is 16.8. The van der Waals surface area contributed by atoms with Gasteiger partial charge in [0.25, 0.3) is 0 Å². The van der Waals surface area contributed by atoms with E-state index in [-0.39, 0.29) is 0 Å². The molecule has 12 heteroatoms. The van der Waals surface area contributed by atoms with E-state index in [9.17, 15) is 5.26 Å². The Morgan fingerprint density at radius 1 is 0.259 bits per heavy atom. The number of benzene rings is 14. The van der Waals surface area contributed by atoms with Gasteiger partial charge >= 0.3 is 0 Å². The third-order valence-corrected chi connectivity index (χ3v) is 21.7. The Hall–Kier alpha value is -14.7. The molecule has 14 aromatic carbocycles. The van der Waals surface area contributed by atoms with Gasteiger partial charge in [0, 0.05) is 65.3 Å². The maximum Gasteiger partial charge on any atom is 0.187 e. The summed E-state index contributed by atoms with van der Waals surface area (Å²) >= 11 is 0. The highest BCUT2D eigenvalue weighted by atomic mass is 15.1. The van der Waals surface area contributed by atoms with Gasteiger partial charge in [-0.25, -0.2) is 34.7 Å². The summed E-state index contributed by atoms with van der Waals surface area (Å²) in [5.74, 6) is 3.94. The molecule has 12 nitrogen and oxygen atoms in total. The van der Waals surface area contributed by atoms with E-state index in [2.05, 4.69) is 322 Å². The predicted octanol–water partition coefficient (Wildman–Crippen LogP) is 25.0. The van der Waals surface area contributed by atoms with E-state index < -0.39 is 0 Å². The quantitative estimate of drug-likeness (QED) is 0.125. The Labute approximate surface area is 647 Å². The van der Waals surface area contributed by atoms with Crippen molar-refractivity contribution in [3.05, 3.63) is 354 Å². The minimum Gasteiger partial charge on any atom is -0.309 e. The summed E-state index contributed by atoms with van der Waals surface area (Å²) in [6.07, 6.45) is 0. The van der Waals surface area contributed by atoms with Gasteiger partial charge in [-0.3, -0.25) is 0 Å². The summed E-state index contributed by atoms with van der Waals surface area (Å²) in [5, 5.41) is 19.4. The predicted molar refractivity (Wildman–Crippen MR) is 458 cm³/mol. The van der Waals surface area contributed by atoms with Gasteiger partial charge in [0.05, 0.1) is 85.1 Å². The van der Waals surface area contributed by atoms with Crippen LogP contribution in [0, 0.1) is 73.3 Å². The molecule has 0 spiro atoms. The second-order valence-electron chi connectivity index (χ2n) is 29.3. The molecule has 0 fully saturated rings. The van der Waals surface area contributed by atoms with E-state index in [0.29, 0.717) is 46.2 Å². The molecular weight excluding hydrogens is 1370 g/mol. The van der Waals surface area contributed by atoms with Gasteiger partial charge in [-0.1, -0.05) is 180 Å². The second kappa shape index (κ2) is 27.2. The number of aryl methyl sites for hydroxylation is 8. The summed E-state index contributed by atoms with van der Waals surface area (Å²) < 4.78 is 9.47. The third-order valence-electron chi connectivity index (χ3n) is 21.7. The minimum atomic E-state index is 0.611. The summed E-state index contributed by atoms with van der Waals surface area (Å²) in [6, 6.07) is 106. The molecule has 0 aliphatic heterocycles. The standard InChI is InChI=1S/2C50H36N6/c1-30-17-21-47-41(25-30)38-13-6-8-15-44(38)55(47)46-23-19-35(34-11-10-12-37(27-34)51-5)28-40(46)36-20-24-49(43(29-36)50-53-32(3)52-33(4)54-50)56-45-16-9-7-14-39(45)42-26-31(2)18-22-48(42)56;1-30-16-21-46-41(24-30)39-12-5-7-14-44(39)55(46)48-23-19-37(27-43(48)50-53-32(3)52-33(4)54-50)38-20-18-36(35-11-9-10-34(26-35)29-51)28-49(38)56-45-15-8-6-13-40(45)42-25-31(2)17-22-47(42)56/h6-29H,1-4H3;5-28H,1-4H3. The smallest absolute Gasteiger partial charge is 0.187 e. The molecule has 0 aliphatic rings. The summed E-state index contributed by atoms with van der Waals surface area (Å²) in [7, 11) is 0. The minimum absolute atomic E-state index is 0.611. The van der Waals surface area contributed by atoms with Crippen molar-refractivity contribution < 1.29 is 0 Å². The molecule has 0 atom stereocenters. The Balaban J connectivity index is 0.000000151. The molecule has 6 heterocycles. The van der Waals surface area contributed by atoms with E-state index >= 15 is 0 Å². The van der Waals surface area contributed by atoms with Crippen LogP contribution in [-0.4, -0.2) is 48.2 Å². The molecule has 0 aliphatic carbocycles. The van der Waals surface area contributed by atoms with E-state index in [0.717, 1.165) is 123 Å². The van der Waals surface area contributed by atoms with Crippen molar-refractivity contribution in [3.8, 4) is 96.1 Å². The zero-order chi connectivity index (χ0) is 76.2. The number of nitrogens with zero attached hydrogens (tertiary/aromatic N) is 12. The molecule has 0 saturated carbocycles. The van der Waals surface area contributed by atoms with Crippen LogP contribution in [0.5, 0.6) is 0 Å². The third kappa shape index (κ3) is 11.7. The van der Waals surface area contributed by atoms with Crippen LogP contribution in [0.1, 0.15) is 51.1 Å². The van der Waals surface area contributed by atoms with Crippen LogP contribution in [0.4, 0.5) is 5.69 Å². The first-order valence-electron chi connectivity index (χ1n) is 37.6. The zero-order valence-corrected chi connectivity index (χ0v) is 63.1. The molecule has 0 saturated heterocycles.